The molecule has 3 aromatic heterocycles. The molecule has 3 heterocycles. The van der Waals surface area contributed by atoms with E-state index < -0.39 is 0 Å². The van der Waals surface area contributed by atoms with Gasteiger partial charge in [0.1, 0.15) is 0 Å². The minimum absolute atomic E-state index is 0.131. The second-order valence-corrected chi connectivity index (χ2v) is 5.99. The zero-order valence-corrected chi connectivity index (χ0v) is 13.0. The number of aromatic amines is 1. The molecule has 0 amide bonds. The predicted molar refractivity (Wildman–Crippen MR) is 87.3 cm³/mol. The van der Waals surface area contributed by atoms with Crippen molar-refractivity contribution in [2.24, 2.45) is 0 Å². The smallest absolute Gasteiger partial charge is 0.0794 e. The molecule has 0 bridgehead atoms. The molecule has 0 radical (unpaired) electrons. The Labute approximate surface area is 133 Å². The van der Waals surface area contributed by atoms with Crippen molar-refractivity contribution in [2.75, 3.05) is 13.2 Å². The number of hydrogen-bond acceptors (Lipinski definition) is 5. The number of hydrogen-bond donors (Lipinski definition) is 2. The van der Waals surface area contributed by atoms with Gasteiger partial charge in [-0.3, -0.25) is 15.0 Å². The number of H-pyrrole nitrogens is 1. The van der Waals surface area contributed by atoms with E-state index in [2.05, 4.69) is 31.5 Å². The molecular weight excluding hydrogens is 296 g/mol. The molecular formula is C16H18N4OS. The van der Waals surface area contributed by atoms with Gasteiger partial charge in [-0.15, -0.1) is 11.3 Å². The van der Waals surface area contributed by atoms with Crippen molar-refractivity contribution in [3.05, 3.63) is 59.4 Å². The molecule has 2 N–H and O–H groups in total. The van der Waals surface area contributed by atoms with E-state index in [1.54, 1.807) is 17.5 Å². The normalized spacial score (nSPS) is 11.2. The fraction of sp³-hybridized carbons (Fsp3) is 0.250. The van der Waals surface area contributed by atoms with Gasteiger partial charge in [-0.1, -0.05) is 12.1 Å². The van der Waals surface area contributed by atoms with Crippen LogP contribution in [0.5, 0.6) is 0 Å². The molecule has 0 saturated heterocycles. The molecule has 0 spiro atoms. The third-order valence-electron chi connectivity index (χ3n) is 3.42. The van der Waals surface area contributed by atoms with E-state index in [4.69, 9.17) is 0 Å². The summed E-state index contributed by atoms with van der Waals surface area (Å²) in [4.78, 5) is 7.52. The number of nitrogens with zero attached hydrogens (tertiary/aromatic N) is 3. The van der Waals surface area contributed by atoms with Gasteiger partial charge >= 0.3 is 0 Å². The van der Waals surface area contributed by atoms with E-state index in [9.17, 15) is 5.11 Å². The molecule has 0 atom stereocenters. The Bertz CT molecular complexity index is 681. The topological polar surface area (TPSA) is 65.0 Å². The first-order valence-corrected chi connectivity index (χ1v) is 8.03. The van der Waals surface area contributed by atoms with E-state index in [-0.39, 0.29) is 6.61 Å². The first kappa shape index (κ1) is 14.9. The summed E-state index contributed by atoms with van der Waals surface area (Å²) in [6.07, 6.45) is 5.49. The van der Waals surface area contributed by atoms with Crippen LogP contribution in [0.15, 0.2) is 48.2 Å². The number of aromatic nitrogens is 3. The fourth-order valence-corrected chi connectivity index (χ4v) is 3.17. The Morgan fingerprint density at radius 2 is 2.14 bits per heavy atom. The number of aliphatic hydroxyl groups excluding tert-OH is 1. The van der Waals surface area contributed by atoms with Crippen LogP contribution in [0.4, 0.5) is 0 Å². The van der Waals surface area contributed by atoms with E-state index in [1.165, 1.54) is 4.88 Å². The van der Waals surface area contributed by atoms with Gasteiger partial charge in [0.05, 0.1) is 23.4 Å². The third-order valence-corrected chi connectivity index (χ3v) is 4.31. The molecule has 0 aliphatic rings. The third kappa shape index (κ3) is 3.59. The molecule has 0 fully saturated rings. The summed E-state index contributed by atoms with van der Waals surface area (Å²) in [7, 11) is 0. The van der Waals surface area contributed by atoms with Gasteiger partial charge in [-0.25, -0.2) is 0 Å². The SMILES string of the molecule is OCCN(Cc1cccnc1)Cc1cn[nH]c1-c1cccs1. The van der Waals surface area contributed by atoms with Crippen molar-refractivity contribution in [3.63, 3.8) is 0 Å². The van der Waals surface area contributed by atoms with Crippen LogP contribution in [0.2, 0.25) is 0 Å². The number of rotatable bonds is 7. The molecule has 5 nitrogen and oxygen atoms in total. The molecule has 3 rings (SSSR count). The highest BCUT2D eigenvalue weighted by Crippen LogP contribution is 2.26. The van der Waals surface area contributed by atoms with Gasteiger partial charge in [0.15, 0.2) is 0 Å². The van der Waals surface area contributed by atoms with Crippen LogP contribution in [-0.4, -0.2) is 38.3 Å². The number of pyridine rings is 1. The summed E-state index contributed by atoms with van der Waals surface area (Å²) in [5.74, 6) is 0. The summed E-state index contributed by atoms with van der Waals surface area (Å²) < 4.78 is 0. The van der Waals surface area contributed by atoms with Crippen molar-refractivity contribution in [1.82, 2.24) is 20.1 Å². The van der Waals surface area contributed by atoms with Gasteiger partial charge in [0.25, 0.3) is 0 Å². The average Bonchev–Trinajstić information content (AvgIpc) is 3.19. The highest BCUT2D eigenvalue weighted by molar-refractivity contribution is 7.13. The summed E-state index contributed by atoms with van der Waals surface area (Å²) in [5, 5.41) is 18.6. The summed E-state index contributed by atoms with van der Waals surface area (Å²) >= 11 is 1.69. The Morgan fingerprint density at radius 1 is 1.18 bits per heavy atom. The Balaban J connectivity index is 1.76. The van der Waals surface area contributed by atoms with E-state index in [1.807, 2.05) is 30.6 Å². The van der Waals surface area contributed by atoms with E-state index >= 15 is 0 Å². The van der Waals surface area contributed by atoms with Crippen molar-refractivity contribution in [2.45, 2.75) is 13.1 Å². The molecule has 0 unspecified atom stereocenters. The largest absolute Gasteiger partial charge is 0.395 e. The van der Waals surface area contributed by atoms with Crippen LogP contribution in [0, 0.1) is 0 Å². The maximum absolute atomic E-state index is 9.32. The lowest BCUT2D eigenvalue weighted by atomic mass is 10.2. The van der Waals surface area contributed by atoms with Crippen LogP contribution < -0.4 is 0 Å². The molecule has 0 saturated carbocycles. The number of nitrogens with one attached hydrogen (secondary N) is 1. The Hall–Kier alpha value is -2.02. The second kappa shape index (κ2) is 7.31. The Morgan fingerprint density at radius 3 is 2.86 bits per heavy atom. The lowest BCUT2D eigenvalue weighted by Gasteiger charge is -2.21. The van der Waals surface area contributed by atoms with Gasteiger partial charge < -0.3 is 5.11 Å². The average molecular weight is 314 g/mol. The van der Waals surface area contributed by atoms with Crippen molar-refractivity contribution >= 4 is 11.3 Å². The van der Waals surface area contributed by atoms with E-state index in [0.29, 0.717) is 6.54 Å². The van der Waals surface area contributed by atoms with E-state index in [0.717, 1.165) is 29.9 Å². The zero-order chi connectivity index (χ0) is 15.2. The van der Waals surface area contributed by atoms with Crippen LogP contribution in [0.25, 0.3) is 10.6 Å². The highest BCUT2D eigenvalue weighted by atomic mass is 32.1. The summed E-state index contributed by atoms with van der Waals surface area (Å²) in [6.45, 7) is 2.24. The minimum Gasteiger partial charge on any atom is -0.395 e. The monoisotopic (exact) mass is 314 g/mol. The lowest BCUT2D eigenvalue weighted by molar-refractivity contribution is 0.184. The van der Waals surface area contributed by atoms with Gasteiger partial charge in [-0.05, 0) is 23.1 Å². The minimum atomic E-state index is 0.131. The summed E-state index contributed by atoms with van der Waals surface area (Å²) in [5.41, 5.74) is 3.33. The van der Waals surface area contributed by atoms with Gasteiger partial charge in [0.2, 0.25) is 0 Å². The van der Waals surface area contributed by atoms with Gasteiger partial charge in [-0.2, -0.15) is 5.10 Å². The molecule has 0 aliphatic heterocycles. The zero-order valence-electron chi connectivity index (χ0n) is 12.1. The van der Waals surface area contributed by atoms with Gasteiger partial charge in [0, 0.05) is 37.6 Å². The van der Waals surface area contributed by atoms with Crippen molar-refractivity contribution in [1.29, 1.82) is 0 Å². The first-order chi connectivity index (χ1) is 10.9. The molecule has 3 aromatic rings. The first-order valence-electron chi connectivity index (χ1n) is 7.15. The highest BCUT2D eigenvalue weighted by Gasteiger charge is 2.13. The van der Waals surface area contributed by atoms with Crippen LogP contribution in [0.3, 0.4) is 0 Å². The second-order valence-electron chi connectivity index (χ2n) is 5.04. The molecule has 22 heavy (non-hydrogen) atoms. The predicted octanol–water partition coefficient (Wildman–Crippen LogP) is 2.53. The maximum atomic E-state index is 9.32. The van der Waals surface area contributed by atoms with Crippen LogP contribution in [-0.2, 0) is 13.1 Å². The number of aliphatic hydroxyl groups is 1. The molecule has 6 heteroatoms. The molecule has 0 aliphatic carbocycles. The Kier molecular flexibility index (Phi) is 4.95. The summed E-state index contributed by atoms with van der Waals surface area (Å²) in [6, 6.07) is 8.10. The quantitative estimate of drug-likeness (QED) is 0.703. The fourth-order valence-electron chi connectivity index (χ4n) is 2.41. The lowest BCUT2D eigenvalue weighted by Crippen LogP contribution is -2.26. The molecule has 114 valence electrons. The number of thiophene rings is 1. The maximum Gasteiger partial charge on any atom is 0.0794 e. The standard InChI is InChI=1S/C16H18N4OS/c21-7-6-20(11-13-3-1-5-17-9-13)12-14-10-18-19-16(14)15-4-2-8-22-15/h1-5,8-10,21H,6-7,11-12H2,(H,18,19). The molecule has 0 aromatic carbocycles. The van der Waals surface area contributed by atoms with Crippen molar-refractivity contribution in [3.8, 4) is 10.6 Å². The van der Waals surface area contributed by atoms with Crippen LogP contribution in [0.1, 0.15) is 11.1 Å². The van der Waals surface area contributed by atoms with Crippen molar-refractivity contribution < 1.29 is 5.11 Å². The van der Waals surface area contributed by atoms with Crippen LogP contribution >= 0.6 is 11.3 Å².